The highest BCUT2D eigenvalue weighted by Crippen LogP contribution is 1.82. The van der Waals surface area contributed by atoms with E-state index in [0.717, 1.165) is 0 Å². The molecule has 0 aliphatic heterocycles. The summed E-state index contributed by atoms with van der Waals surface area (Å²) in [5, 5.41) is 5.67. The van der Waals surface area contributed by atoms with Crippen molar-refractivity contribution < 1.29 is 4.79 Å². The standard InChI is InChI=1S/C7H15N3O/c1-6(11)10-7(9-3)4-5-8-2/h5,7,9H,4H2,1-3H3,(H,10,11). The molecule has 11 heavy (non-hydrogen) atoms. The fourth-order valence-corrected chi connectivity index (χ4v) is 0.705. The second-order valence-electron chi connectivity index (χ2n) is 2.22. The molecule has 1 unspecified atom stereocenters. The van der Waals surface area contributed by atoms with Crippen LogP contribution in [0.4, 0.5) is 0 Å². The lowest BCUT2D eigenvalue weighted by Crippen LogP contribution is -2.42. The maximum atomic E-state index is 10.6. The van der Waals surface area contributed by atoms with E-state index in [0.29, 0.717) is 6.42 Å². The Morgan fingerprint density at radius 1 is 1.73 bits per heavy atom. The van der Waals surface area contributed by atoms with Crippen molar-refractivity contribution in [3.05, 3.63) is 0 Å². The van der Waals surface area contributed by atoms with Crippen LogP contribution in [0.2, 0.25) is 0 Å². The Kier molecular flexibility index (Phi) is 5.37. The van der Waals surface area contributed by atoms with Crippen molar-refractivity contribution in [1.82, 2.24) is 10.6 Å². The number of amides is 1. The molecular formula is C7H15N3O. The Morgan fingerprint density at radius 3 is 2.73 bits per heavy atom. The first-order chi connectivity index (χ1) is 5.20. The smallest absolute Gasteiger partial charge is 0.218 e. The van der Waals surface area contributed by atoms with Gasteiger partial charge in [-0.05, 0) is 7.05 Å². The number of carbonyl (C=O) groups is 1. The largest absolute Gasteiger partial charge is 0.341 e. The van der Waals surface area contributed by atoms with E-state index >= 15 is 0 Å². The van der Waals surface area contributed by atoms with E-state index < -0.39 is 0 Å². The second-order valence-corrected chi connectivity index (χ2v) is 2.22. The van der Waals surface area contributed by atoms with E-state index in [-0.39, 0.29) is 12.1 Å². The summed E-state index contributed by atoms with van der Waals surface area (Å²) in [7, 11) is 3.50. The Morgan fingerprint density at radius 2 is 2.36 bits per heavy atom. The van der Waals surface area contributed by atoms with Gasteiger partial charge in [0.25, 0.3) is 0 Å². The number of nitrogens with zero attached hydrogens (tertiary/aromatic N) is 1. The summed E-state index contributed by atoms with van der Waals surface area (Å²) >= 11 is 0. The van der Waals surface area contributed by atoms with Gasteiger partial charge >= 0.3 is 0 Å². The van der Waals surface area contributed by atoms with Crippen LogP contribution < -0.4 is 10.6 Å². The molecule has 0 saturated carbocycles. The molecule has 0 spiro atoms. The molecule has 0 aliphatic carbocycles. The Hall–Kier alpha value is -0.900. The van der Waals surface area contributed by atoms with Crippen molar-refractivity contribution in [1.29, 1.82) is 0 Å². The van der Waals surface area contributed by atoms with E-state index in [2.05, 4.69) is 15.6 Å². The maximum absolute atomic E-state index is 10.6. The number of carbonyl (C=O) groups excluding carboxylic acids is 1. The van der Waals surface area contributed by atoms with Crippen LogP contribution in [0.1, 0.15) is 13.3 Å². The molecule has 0 aromatic carbocycles. The molecule has 1 atom stereocenters. The quantitative estimate of drug-likeness (QED) is 0.437. The van der Waals surface area contributed by atoms with Gasteiger partial charge in [0.2, 0.25) is 5.91 Å². The molecule has 64 valence electrons. The van der Waals surface area contributed by atoms with Gasteiger partial charge < -0.3 is 15.6 Å². The molecule has 1 amide bonds. The first-order valence-corrected chi connectivity index (χ1v) is 3.55. The van der Waals surface area contributed by atoms with Crippen LogP contribution in [-0.4, -0.2) is 32.4 Å². The SMILES string of the molecule is CN=CCC(NC)NC(C)=O. The van der Waals surface area contributed by atoms with Gasteiger partial charge in [-0.15, -0.1) is 0 Å². The molecular weight excluding hydrogens is 142 g/mol. The minimum Gasteiger partial charge on any atom is -0.341 e. The molecule has 0 radical (unpaired) electrons. The van der Waals surface area contributed by atoms with Crippen LogP contribution in [0.25, 0.3) is 0 Å². The molecule has 0 bridgehead atoms. The first-order valence-electron chi connectivity index (χ1n) is 3.55. The zero-order chi connectivity index (χ0) is 8.69. The summed E-state index contributed by atoms with van der Waals surface area (Å²) in [6.45, 7) is 1.49. The first kappa shape index (κ1) is 10.1. The van der Waals surface area contributed by atoms with Gasteiger partial charge in [0.1, 0.15) is 0 Å². The van der Waals surface area contributed by atoms with Crippen molar-refractivity contribution >= 4 is 12.1 Å². The van der Waals surface area contributed by atoms with Gasteiger partial charge in [-0.2, -0.15) is 0 Å². The molecule has 0 aliphatic rings. The lowest BCUT2D eigenvalue weighted by molar-refractivity contribution is -0.119. The van der Waals surface area contributed by atoms with Crippen LogP contribution in [0.3, 0.4) is 0 Å². The van der Waals surface area contributed by atoms with E-state index in [1.165, 1.54) is 6.92 Å². The number of nitrogens with one attached hydrogen (secondary N) is 2. The Labute approximate surface area is 67.1 Å². The third kappa shape index (κ3) is 5.54. The fourth-order valence-electron chi connectivity index (χ4n) is 0.705. The summed E-state index contributed by atoms with van der Waals surface area (Å²) in [4.78, 5) is 14.4. The zero-order valence-corrected chi connectivity index (χ0v) is 7.22. The summed E-state index contributed by atoms with van der Waals surface area (Å²) in [5.74, 6) is -0.0335. The lowest BCUT2D eigenvalue weighted by atomic mass is 10.3. The van der Waals surface area contributed by atoms with Crippen LogP contribution in [-0.2, 0) is 4.79 Å². The van der Waals surface area contributed by atoms with Crippen molar-refractivity contribution in [3.8, 4) is 0 Å². The number of hydrogen-bond donors (Lipinski definition) is 2. The van der Waals surface area contributed by atoms with Crippen molar-refractivity contribution in [2.75, 3.05) is 14.1 Å². The van der Waals surface area contributed by atoms with Crippen LogP contribution >= 0.6 is 0 Å². The Bertz CT molecular complexity index is 145. The minimum absolute atomic E-state index is 0.00352. The molecule has 0 rings (SSSR count). The normalized spacial score (nSPS) is 13.4. The van der Waals surface area contributed by atoms with Gasteiger partial charge in [-0.3, -0.25) is 4.79 Å². The van der Waals surface area contributed by atoms with Gasteiger partial charge in [0.15, 0.2) is 0 Å². The minimum atomic E-state index is -0.0335. The molecule has 0 aromatic heterocycles. The Balaban J connectivity index is 3.66. The van der Waals surface area contributed by atoms with E-state index in [1.54, 1.807) is 20.3 Å². The second kappa shape index (κ2) is 5.85. The summed E-state index contributed by atoms with van der Waals surface area (Å²) in [6, 6.07) is 0. The van der Waals surface area contributed by atoms with Gasteiger partial charge in [-0.1, -0.05) is 0 Å². The van der Waals surface area contributed by atoms with Crippen LogP contribution in [0, 0.1) is 0 Å². The third-order valence-corrected chi connectivity index (χ3v) is 1.25. The van der Waals surface area contributed by atoms with Gasteiger partial charge in [0.05, 0.1) is 6.17 Å². The molecule has 0 saturated heterocycles. The fraction of sp³-hybridized carbons (Fsp3) is 0.714. The van der Waals surface area contributed by atoms with Crippen LogP contribution in [0.15, 0.2) is 4.99 Å². The highest BCUT2D eigenvalue weighted by atomic mass is 16.1. The lowest BCUT2D eigenvalue weighted by Gasteiger charge is -2.13. The molecule has 4 heteroatoms. The number of aliphatic imine (C=N–C) groups is 1. The predicted molar refractivity (Wildman–Crippen MR) is 45.7 cm³/mol. The molecule has 0 aromatic rings. The summed E-state index contributed by atoms with van der Waals surface area (Å²) < 4.78 is 0. The molecule has 0 heterocycles. The van der Waals surface area contributed by atoms with Crippen molar-refractivity contribution in [2.24, 2.45) is 4.99 Å². The number of hydrogen-bond acceptors (Lipinski definition) is 3. The highest BCUT2D eigenvalue weighted by molar-refractivity contribution is 5.73. The van der Waals surface area contributed by atoms with Crippen molar-refractivity contribution in [3.63, 3.8) is 0 Å². The zero-order valence-electron chi connectivity index (χ0n) is 7.22. The van der Waals surface area contributed by atoms with Crippen molar-refractivity contribution in [2.45, 2.75) is 19.5 Å². The maximum Gasteiger partial charge on any atom is 0.218 e. The average molecular weight is 157 g/mol. The monoisotopic (exact) mass is 157 g/mol. The average Bonchev–Trinajstić information content (AvgIpc) is 1.97. The van der Waals surface area contributed by atoms with E-state index in [1.807, 2.05) is 0 Å². The van der Waals surface area contributed by atoms with Gasteiger partial charge in [-0.25, -0.2) is 0 Å². The molecule has 4 nitrogen and oxygen atoms in total. The highest BCUT2D eigenvalue weighted by Gasteiger charge is 2.03. The summed E-state index contributed by atoms with van der Waals surface area (Å²) in [6.07, 6.45) is 2.47. The molecule has 0 fully saturated rings. The molecule has 2 N–H and O–H groups in total. The summed E-state index contributed by atoms with van der Waals surface area (Å²) in [5.41, 5.74) is 0. The van der Waals surface area contributed by atoms with E-state index in [4.69, 9.17) is 0 Å². The number of rotatable bonds is 4. The topological polar surface area (TPSA) is 53.5 Å². The van der Waals surface area contributed by atoms with Gasteiger partial charge in [0, 0.05) is 26.6 Å². The van der Waals surface area contributed by atoms with E-state index in [9.17, 15) is 4.79 Å². The van der Waals surface area contributed by atoms with Crippen LogP contribution in [0.5, 0.6) is 0 Å². The predicted octanol–water partition coefficient (Wildman–Crippen LogP) is -0.241. The third-order valence-electron chi connectivity index (χ3n) is 1.25.